The van der Waals surface area contributed by atoms with Crippen molar-refractivity contribution in [2.75, 3.05) is 16.8 Å². The molecule has 29 heavy (non-hydrogen) atoms. The van der Waals surface area contributed by atoms with E-state index in [9.17, 15) is 13.2 Å². The van der Waals surface area contributed by atoms with E-state index in [0.29, 0.717) is 30.3 Å². The zero-order valence-electron chi connectivity index (χ0n) is 15.5. The zero-order chi connectivity index (χ0) is 20.5. The molecule has 146 valence electrons. The standard InChI is InChI=1S/C21H16F3N5/c1-12-4-13(8-25)9-27-21(12)29-3-2-18-14(11-29)5-16(10-26-18)28-19-7-15(22)6-17(23)20(19)24/h4-7,9-10,28H,2-3,11H2,1H3. The predicted molar refractivity (Wildman–Crippen MR) is 102 cm³/mol. The lowest BCUT2D eigenvalue weighted by Crippen LogP contribution is -2.32. The third-order valence-corrected chi connectivity index (χ3v) is 4.79. The first-order valence-electron chi connectivity index (χ1n) is 8.95. The van der Waals surface area contributed by atoms with Crippen LogP contribution >= 0.6 is 0 Å². The van der Waals surface area contributed by atoms with Crippen molar-refractivity contribution in [3.05, 3.63) is 76.5 Å². The maximum absolute atomic E-state index is 13.9. The van der Waals surface area contributed by atoms with E-state index in [1.165, 1.54) is 12.4 Å². The molecule has 1 aromatic carbocycles. The van der Waals surface area contributed by atoms with Crippen LogP contribution in [0.4, 0.5) is 30.4 Å². The van der Waals surface area contributed by atoms with Gasteiger partial charge in [0.25, 0.3) is 0 Å². The maximum atomic E-state index is 13.9. The largest absolute Gasteiger partial charge is 0.352 e. The molecule has 3 heterocycles. The van der Waals surface area contributed by atoms with Gasteiger partial charge in [0.1, 0.15) is 17.7 Å². The summed E-state index contributed by atoms with van der Waals surface area (Å²) in [5, 5.41) is 11.7. The molecule has 0 fully saturated rings. The SMILES string of the molecule is Cc1cc(C#N)cnc1N1CCc2ncc(Nc3cc(F)cc(F)c3F)cc2C1. The van der Waals surface area contributed by atoms with Crippen LogP contribution in [0.3, 0.4) is 0 Å². The van der Waals surface area contributed by atoms with Crippen LogP contribution in [0.25, 0.3) is 0 Å². The fourth-order valence-electron chi connectivity index (χ4n) is 3.44. The minimum atomic E-state index is -1.26. The van der Waals surface area contributed by atoms with Crippen molar-refractivity contribution in [1.29, 1.82) is 5.26 Å². The monoisotopic (exact) mass is 395 g/mol. The lowest BCUT2D eigenvalue weighted by molar-refractivity contribution is 0.498. The van der Waals surface area contributed by atoms with Gasteiger partial charge in [-0.2, -0.15) is 5.26 Å². The highest BCUT2D eigenvalue weighted by atomic mass is 19.2. The highest BCUT2D eigenvalue weighted by Crippen LogP contribution is 2.28. The Morgan fingerprint density at radius 3 is 2.69 bits per heavy atom. The smallest absolute Gasteiger partial charge is 0.182 e. The van der Waals surface area contributed by atoms with Gasteiger partial charge in [-0.1, -0.05) is 0 Å². The van der Waals surface area contributed by atoms with Gasteiger partial charge in [0.2, 0.25) is 0 Å². The molecule has 8 heteroatoms. The van der Waals surface area contributed by atoms with E-state index >= 15 is 0 Å². The molecule has 0 unspecified atom stereocenters. The molecule has 0 saturated carbocycles. The molecule has 4 rings (SSSR count). The fourth-order valence-corrected chi connectivity index (χ4v) is 3.44. The Kier molecular flexibility index (Phi) is 4.80. The van der Waals surface area contributed by atoms with Gasteiger partial charge in [-0.25, -0.2) is 18.2 Å². The zero-order valence-corrected chi connectivity index (χ0v) is 15.5. The number of benzene rings is 1. The molecule has 0 atom stereocenters. The van der Waals surface area contributed by atoms with Gasteiger partial charge in [-0.15, -0.1) is 0 Å². The summed E-state index contributed by atoms with van der Waals surface area (Å²) in [4.78, 5) is 10.9. The first kappa shape index (κ1) is 18.7. The minimum absolute atomic E-state index is 0.290. The molecule has 0 amide bonds. The highest BCUT2D eigenvalue weighted by Gasteiger charge is 2.21. The van der Waals surface area contributed by atoms with Crippen molar-refractivity contribution in [3.63, 3.8) is 0 Å². The topological polar surface area (TPSA) is 64.8 Å². The van der Waals surface area contributed by atoms with Gasteiger partial charge in [-0.05, 0) is 30.2 Å². The number of nitrogens with zero attached hydrogens (tertiary/aromatic N) is 4. The summed E-state index contributed by atoms with van der Waals surface area (Å²) in [5.74, 6) is -2.49. The minimum Gasteiger partial charge on any atom is -0.352 e. The summed E-state index contributed by atoms with van der Waals surface area (Å²) in [6, 6.07) is 7.04. The summed E-state index contributed by atoms with van der Waals surface area (Å²) >= 11 is 0. The quantitative estimate of drug-likeness (QED) is 0.667. The van der Waals surface area contributed by atoms with Gasteiger partial charge < -0.3 is 10.2 Å². The lowest BCUT2D eigenvalue weighted by atomic mass is 10.0. The van der Waals surface area contributed by atoms with Crippen LogP contribution in [0, 0.1) is 35.7 Å². The predicted octanol–water partition coefficient (Wildman–Crippen LogP) is 4.38. The Hall–Kier alpha value is -3.60. The highest BCUT2D eigenvalue weighted by molar-refractivity contribution is 5.61. The van der Waals surface area contributed by atoms with Crippen LogP contribution < -0.4 is 10.2 Å². The van der Waals surface area contributed by atoms with Gasteiger partial charge >= 0.3 is 0 Å². The van der Waals surface area contributed by atoms with Crippen molar-refractivity contribution in [3.8, 4) is 6.07 Å². The molecular formula is C21H16F3N5. The van der Waals surface area contributed by atoms with Gasteiger partial charge in [0.15, 0.2) is 11.6 Å². The summed E-state index contributed by atoms with van der Waals surface area (Å²) in [6.45, 7) is 3.14. The molecule has 0 spiro atoms. The Labute approximate surface area is 165 Å². The number of anilines is 3. The molecule has 0 aliphatic carbocycles. The van der Waals surface area contributed by atoms with Gasteiger partial charge in [0, 0.05) is 43.5 Å². The summed E-state index contributed by atoms with van der Waals surface area (Å²) in [6.07, 6.45) is 3.75. The second-order valence-electron chi connectivity index (χ2n) is 6.85. The number of aromatic nitrogens is 2. The molecule has 0 bridgehead atoms. The first-order valence-corrected chi connectivity index (χ1v) is 8.95. The van der Waals surface area contributed by atoms with Crippen molar-refractivity contribution >= 4 is 17.2 Å². The van der Waals surface area contributed by atoms with Crippen molar-refractivity contribution in [1.82, 2.24) is 9.97 Å². The van der Waals surface area contributed by atoms with Crippen LogP contribution in [0.2, 0.25) is 0 Å². The van der Waals surface area contributed by atoms with E-state index in [1.807, 2.05) is 6.92 Å². The first-order chi connectivity index (χ1) is 13.9. The molecule has 5 nitrogen and oxygen atoms in total. The number of nitriles is 1. The van der Waals surface area contributed by atoms with Crippen molar-refractivity contribution in [2.45, 2.75) is 19.9 Å². The summed E-state index contributed by atoms with van der Waals surface area (Å²) in [5.41, 5.74) is 3.35. The van der Waals surface area contributed by atoms with Crippen molar-refractivity contribution < 1.29 is 13.2 Å². The summed E-state index contributed by atoms with van der Waals surface area (Å²) < 4.78 is 40.8. The normalized spacial score (nSPS) is 13.0. The number of fused-ring (bicyclic) bond motifs is 1. The number of hydrogen-bond donors (Lipinski definition) is 1. The Bertz CT molecular complexity index is 1140. The van der Waals surface area contributed by atoms with E-state index < -0.39 is 17.5 Å². The molecule has 3 aromatic rings. The van der Waals surface area contributed by atoms with E-state index in [1.54, 1.807) is 12.1 Å². The number of hydrogen-bond acceptors (Lipinski definition) is 5. The van der Waals surface area contributed by atoms with E-state index in [4.69, 9.17) is 5.26 Å². The van der Waals surface area contributed by atoms with E-state index in [-0.39, 0.29) is 5.69 Å². The number of aryl methyl sites for hydroxylation is 1. The summed E-state index contributed by atoms with van der Waals surface area (Å²) in [7, 11) is 0. The maximum Gasteiger partial charge on any atom is 0.182 e. The molecule has 1 aliphatic heterocycles. The van der Waals surface area contributed by atoms with Crippen molar-refractivity contribution in [2.24, 2.45) is 0 Å². The lowest BCUT2D eigenvalue weighted by Gasteiger charge is -2.30. The molecule has 1 N–H and O–H groups in total. The third kappa shape index (κ3) is 3.72. The molecule has 0 saturated heterocycles. The molecule has 2 aromatic heterocycles. The van der Waals surface area contributed by atoms with Crippen LogP contribution in [-0.4, -0.2) is 16.5 Å². The molecular weight excluding hydrogens is 379 g/mol. The number of halogens is 3. The van der Waals surface area contributed by atoms with E-state index in [2.05, 4.69) is 26.3 Å². The molecule has 0 radical (unpaired) electrons. The van der Waals surface area contributed by atoms with Crippen LogP contribution in [0.1, 0.15) is 22.4 Å². The Balaban J connectivity index is 1.60. The van der Waals surface area contributed by atoms with Crippen LogP contribution in [0.15, 0.2) is 36.7 Å². The average molecular weight is 395 g/mol. The number of nitrogens with one attached hydrogen (secondary N) is 1. The molecule has 1 aliphatic rings. The van der Waals surface area contributed by atoms with Crippen LogP contribution in [-0.2, 0) is 13.0 Å². The second-order valence-corrected chi connectivity index (χ2v) is 6.85. The van der Waals surface area contributed by atoms with E-state index in [0.717, 1.165) is 35.2 Å². The Morgan fingerprint density at radius 1 is 1.10 bits per heavy atom. The van der Waals surface area contributed by atoms with Gasteiger partial charge in [-0.3, -0.25) is 4.98 Å². The number of pyridine rings is 2. The second kappa shape index (κ2) is 7.43. The Morgan fingerprint density at radius 2 is 1.93 bits per heavy atom. The number of rotatable bonds is 3. The van der Waals surface area contributed by atoms with Gasteiger partial charge in [0.05, 0.1) is 23.1 Å². The van der Waals surface area contributed by atoms with Crippen LogP contribution in [0.5, 0.6) is 0 Å². The third-order valence-electron chi connectivity index (χ3n) is 4.79. The average Bonchev–Trinajstić information content (AvgIpc) is 2.71. The fraction of sp³-hybridized carbons (Fsp3) is 0.190.